The molecule has 2 N–H and O–H groups in total. The molecule has 0 saturated heterocycles. The summed E-state index contributed by atoms with van der Waals surface area (Å²) >= 11 is 1.78. The second kappa shape index (κ2) is 2.29. The van der Waals surface area contributed by atoms with Crippen LogP contribution in [-0.2, 0) is 4.79 Å². The first-order chi connectivity index (χ1) is 5.88. The first kappa shape index (κ1) is 9.06. The zero-order valence-corrected chi connectivity index (χ0v) is 8.94. The lowest BCUT2D eigenvalue weighted by Crippen LogP contribution is -2.45. The van der Waals surface area contributed by atoms with Gasteiger partial charge in [-0.05, 0) is 27.2 Å². The number of primary amides is 1. The third-order valence-electron chi connectivity index (χ3n) is 3.13. The molecule has 3 atom stereocenters. The van der Waals surface area contributed by atoms with E-state index in [4.69, 9.17) is 5.73 Å². The van der Waals surface area contributed by atoms with Gasteiger partial charge < -0.3 is 5.73 Å². The Morgan fingerprint density at radius 2 is 2.31 bits per heavy atom. The van der Waals surface area contributed by atoms with Crippen molar-refractivity contribution < 1.29 is 4.79 Å². The van der Waals surface area contributed by atoms with Gasteiger partial charge in [-0.25, -0.2) is 0 Å². The molecule has 0 bridgehead atoms. The molecule has 13 heavy (non-hydrogen) atoms. The Bertz CT molecular complexity index is 315. The van der Waals surface area contributed by atoms with Crippen LogP contribution in [0.2, 0.25) is 0 Å². The lowest BCUT2D eigenvalue weighted by molar-refractivity contribution is -0.123. The van der Waals surface area contributed by atoms with E-state index in [0.717, 1.165) is 11.5 Å². The van der Waals surface area contributed by atoms with Crippen LogP contribution in [0.5, 0.6) is 0 Å². The zero-order valence-electron chi connectivity index (χ0n) is 8.13. The molecule has 0 aromatic heterocycles. The van der Waals surface area contributed by atoms with E-state index in [1.165, 1.54) is 0 Å². The number of amides is 1. The average Bonchev–Trinajstić information content (AvgIpc) is 2.60. The molecule has 1 aliphatic carbocycles. The standard InChI is InChI=1S/C9H14N2OS/c1-5-11-9(3,7(10)12)6-4-8(6,2)13-5/h6H,4H2,1-3H3,(H2,10,12). The van der Waals surface area contributed by atoms with Crippen LogP contribution >= 0.6 is 11.8 Å². The smallest absolute Gasteiger partial charge is 0.245 e. The van der Waals surface area contributed by atoms with Crippen molar-refractivity contribution in [3.63, 3.8) is 0 Å². The summed E-state index contributed by atoms with van der Waals surface area (Å²) in [6.07, 6.45) is 1.05. The Morgan fingerprint density at radius 1 is 1.69 bits per heavy atom. The monoisotopic (exact) mass is 198 g/mol. The van der Waals surface area contributed by atoms with E-state index in [1.54, 1.807) is 11.8 Å². The molecule has 0 aromatic carbocycles. The van der Waals surface area contributed by atoms with Gasteiger partial charge >= 0.3 is 0 Å². The number of hydrogen-bond donors (Lipinski definition) is 1. The molecule has 72 valence electrons. The van der Waals surface area contributed by atoms with E-state index in [0.29, 0.717) is 5.92 Å². The van der Waals surface area contributed by atoms with E-state index < -0.39 is 5.54 Å². The Hall–Kier alpha value is -0.510. The van der Waals surface area contributed by atoms with Gasteiger partial charge in [0.1, 0.15) is 5.54 Å². The largest absolute Gasteiger partial charge is 0.368 e. The second-order valence-corrected chi connectivity index (χ2v) is 6.04. The quantitative estimate of drug-likeness (QED) is 0.687. The van der Waals surface area contributed by atoms with Crippen molar-refractivity contribution in [1.29, 1.82) is 0 Å². The Kier molecular flexibility index (Phi) is 1.60. The summed E-state index contributed by atoms with van der Waals surface area (Å²) in [7, 11) is 0. The fourth-order valence-corrected chi connectivity index (χ4v) is 3.78. The molecular weight excluding hydrogens is 184 g/mol. The number of nitrogens with zero attached hydrogens (tertiary/aromatic N) is 1. The van der Waals surface area contributed by atoms with Crippen LogP contribution in [0, 0.1) is 5.92 Å². The zero-order chi connectivity index (χ0) is 9.85. The first-order valence-corrected chi connectivity index (χ1v) is 5.25. The van der Waals surface area contributed by atoms with Gasteiger partial charge in [-0.3, -0.25) is 9.79 Å². The summed E-state index contributed by atoms with van der Waals surface area (Å²) in [4.78, 5) is 15.7. The molecule has 1 heterocycles. The van der Waals surface area contributed by atoms with E-state index in [-0.39, 0.29) is 10.7 Å². The van der Waals surface area contributed by atoms with Gasteiger partial charge in [-0.15, -0.1) is 11.8 Å². The van der Waals surface area contributed by atoms with E-state index in [1.807, 2.05) is 13.8 Å². The summed E-state index contributed by atoms with van der Waals surface area (Å²) < 4.78 is 0.218. The highest BCUT2D eigenvalue weighted by molar-refractivity contribution is 8.15. The minimum Gasteiger partial charge on any atom is -0.368 e. The number of hydrogen-bond acceptors (Lipinski definition) is 3. The molecule has 0 radical (unpaired) electrons. The molecule has 0 spiro atoms. The number of carbonyl (C=O) groups is 1. The van der Waals surface area contributed by atoms with Crippen molar-refractivity contribution in [2.24, 2.45) is 16.6 Å². The Morgan fingerprint density at radius 3 is 2.85 bits per heavy atom. The van der Waals surface area contributed by atoms with Gasteiger partial charge in [0.05, 0.1) is 5.04 Å². The van der Waals surface area contributed by atoms with Crippen molar-refractivity contribution in [2.45, 2.75) is 37.5 Å². The predicted molar refractivity (Wildman–Crippen MR) is 54.8 cm³/mol. The third kappa shape index (κ3) is 1.11. The maximum Gasteiger partial charge on any atom is 0.245 e. The van der Waals surface area contributed by atoms with Crippen molar-refractivity contribution in [3.05, 3.63) is 0 Å². The van der Waals surface area contributed by atoms with Crippen LogP contribution in [0.4, 0.5) is 0 Å². The average molecular weight is 198 g/mol. The molecule has 4 heteroatoms. The number of fused-ring (bicyclic) bond motifs is 1. The highest BCUT2D eigenvalue weighted by Gasteiger charge is 2.64. The topological polar surface area (TPSA) is 55.4 Å². The molecule has 1 saturated carbocycles. The first-order valence-electron chi connectivity index (χ1n) is 4.44. The Balaban J connectivity index is 2.40. The molecule has 2 rings (SSSR count). The van der Waals surface area contributed by atoms with E-state index in [2.05, 4.69) is 11.9 Å². The molecule has 2 aliphatic rings. The van der Waals surface area contributed by atoms with Gasteiger partial charge in [-0.1, -0.05) is 0 Å². The molecule has 1 amide bonds. The normalized spacial score (nSPS) is 47.9. The second-order valence-electron chi connectivity index (χ2n) is 4.31. The maximum atomic E-state index is 11.3. The lowest BCUT2D eigenvalue weighted by Gasteiger charge is -2.29. The van der Waals surface area contributed by atoms with Crippen LogP contribution in [-0.4, -0.2) is 21.2 Å². The number of thioether (sulfide) groups is 1. The lowest BCUT2D eigenvalue weighted by atomic mass is 9.94. The summed E-state index contributed by atoms with van der Waals surface area (Å²) in [5.74, 6) is 0.0482. The van der Waals surface area contributed by atoms with Gasteiger partial charge in [0, 0.05) is 10.7 Å². The summed E-state index contributed by atoms with van der Waals surface area (Å²) in [5.41, 5.74) is 4.74. The van der Waals surface area contributed by atoms with Gasteiger partial charge in [-0.2, -0.15) is 0 Å². The SMILES string of the molecule is CC1=NC(C)(C(N)=O)C2CC2(C)S1. The Labute approximate surface area is 82.2 Å². The number of carbonyl (C=O) groups excluding carboxylic acids is 1. The molecule has 3 nitrogen and oxygen atoms in total. The van der Waals surface area contributed by atoms with Crippen LogP contribution < -0.4 is 5.73 Å². The van der Waals surface area contributed by atoms with Crippen molar-refractivity contribution in [3.8, 4) is 0 Å². The minimum atomic E-state index is -0.649. The summed E-state index contributed by atoms with van der Waals surface area (Å²) in [6, 6.07) is 0. The van der Waals surface area contributed by atoms with Crippen LogP contribution in [0.15, 0.2) is 4.99 Å². The summed E-state index contributed by atoms with van der Waals surface area (Å²) in [5, 5.41) is 0.984. The van der Waals surface area contributed by atoms with Crippen molar-refractivity contribution >= 4 is 22.7 Å². The fraction of sp³-hybridized carbons (Fsp3) is 0.778. The van der Waals surface area contributed by atoms with E-state index in [9.17, 15) is 4.79 Å². The van der Waals surface area contributed by atoms with Crippen LogP contribution in [0.3, 0.4) is 0 Å². The highest BCUT2D eigenvalue weighted by atomic mass is 32.2. The third-order valence-corrected chi connectivity index (χ3v) is 4.44. The van der Waals surface area contributed by atoms with E-state index >= 15 is 0 Å². The van der Waals surface area contributed by atoms with Crippen molar-refractivity contribution in [1.82, 2.24) is 0 Å². The molecule has 1 aliphatic heterocycles. The van der Waals surface area contributed by atoms with Crippen molar-refractivity contribution in [2.75, 3.05) is 0 Å². The summed E-state index contributed by atoms with van der Waals surface area (Å²) in [6.45, 7) is 5.99. The molecule has 0 aromatic rings. The van der Waals surface area contributed by atoms with Crippen LogP contribution in [0.25, 0.3) is 0 Å². The number of rotatable bonds is 1. The minimum absolute atomic E-state index is 0.218. The maximum absolute atomic E-state index is 11.3. The fourth-order valence-electron chi connectivity index (χ4n) is 2.24. The molecule has 3 unspecified atom stereocenters. The molecule has 1 fully saturated rings. The van der Waals surface area contributed by atoms with Gasteiger partial charge in [0.15, 0.2) is 0 Å². The predicted octanol–water partition coefficient (Wildman–Crippen LogP) is 1.17. The number of aliphatic imine (C=N–C) groups is 1. The highest BCUT2D eigenvalue weighted by Crippen LogP contribution is 2.62. The van der Waals surface area contributed by atoms with Gasteiger partial charge in [0.2, 0.25) is 5.91 Å². The molecular formula is C9H14N2OS. The van der Waals surface area contributed by atoms with Gasteiger partial charge in [0.25, 0.3) is 0 Å². The van der Waals surface area contributed by atoms with Crippen LogP contribution in [0.1, 0.15) is 27.2 Å². The number of nitrogens with two attached hydrogens (primary N) is 1.